The largest absolute Gasteiger partial charge is 0.508 e. The summed E-state index contributed by atoms with van der Waals surface area (Å²) in [5.41, 5.74) is 1.13. The maximum absolute atomic E-state index is 13.2. The van der Waals surface area contributed by atoms with Crippen LogP contribution in [0.3, 0.4) is 0 Å². The standard InChI is InChI=1S/C21H25N3O5S/c1-13-20(22-23-24(13)17-11-14(28-5)7-10-19(17)29-6)30(26,27)15-8-9-16(18(25)12-15)21(2,3)4/h7-12,25H,1-6H3. The van der Waals surface area contributed by atoms with Crippen LogP contribution in [0.5, 0.6) is 17.2 Å². The highest BCUT2D eigenvalue weighted by molar-refractivity contribution is 7.91. The number of nitrogens with zero attached hydrogens (tertiary/aromatic N) is 3. The molecule has 0 saturated carbocycles. The summed E-state index contributed by atoms with van der Waals surface area (Å²) >= 11 is 0. The van der Waals surface area contributed by atoms with Gasteiger partial charge in [0, 0.05) is 6.07 Å². The van der Waals surface area contributed by atoms with Gasteiger partial charge >= 0.3 is 0 Å². The van der Waals surface area contributed by atoms with Gasteiger partial charge in [0.15, 0.2) is 0 Å². The number of hydrogen-bond acceptors (Lipinski definition) is 7. The van der Waals surface area contributed by atoms with Gasteiger partial charge in [-0.3, -0.25) is 0 Å². The van der Waals surface area contributed by atoms with Crippen molar-refractivity contribution in [1.82, 2.24) is 15.0 Å². The van der Waals surface area contributed by atoms with Crippen molar-refractivity contribution in [2.24, 2.45) is 0 Å². The number of aromatic hydroxyl groups is 1. The molecule has 1 aromatic heterocycles. The Hall–Kier alpha value is -3.07. The zero-order valence-corrected chi connectivity index (χ0v) is 18.6. The molecule has 30 heavy (non-hydrogen) atoms. The molecule has 0 aliphatic heterocycles. The van der Waals surface area contributed by atoms with Gasteiger partial charge < -0.3 is 14.6 Å². The van der Waals surface area contributed by atoms with E-state index in [0.29, 0.717) is 28.4 Å². The minimum absolute atomic E-state index is 0.0549. The second-order valence-corrected chi connectivity index (χ2v) is 9.73. The number of phenolic OH excluding ortho intramolecular Hbond substituents is 1. The molecule has 0 radical (unpaired) electrons. The first-order chi connectivity index (χ1) is 14.0. The zero-order valence-electron chi connectivity index (χ0n) is 17.8. The lowest BCUT2D eigenvalue weighted by atomic mass is 9.86. The van der Waals surface area contributed by atoms with Gasteiger partial charge in [0.05, 0.1) is 24.8 Å². The van der Waals surface area contributed by atoms with Crippen molar-refractivity contribution in [3.63, 3.8) is 0 Å². The number of aromatic nitrogens is 3. The quantitative estimate of drug-likeness (QED) is 0.660. The molecule has 1 heterocycles. The average Bonchev–Trinajstić information content (AvgIpc) is 3.08. The molecule has 0 fully saturated rings. The zero-order chi connectivity index (χ0) is 22.3. The van der Waals surface area contributed by atoms with Gasteiger partial charge in [-0.2, -0.15) is 0 Å². The molecule has 0 bridgehead atoms. The van der Waals surface area contributed by atoms with E-state index in [2.05, 4.69) is 10.3 Å². The first-order valence-corrected chi connectivity index (χ1v) is 10.7. The SMILES string of the molecule is COc1ccc(OC)c(-n2nnc(S(=O)(=O)c3ccc(C(C)(C)C)c(O)c3)c2C)c1. The number of phenols is 1. The summed E-state index contributed by atoms with van der Waals surface area (Å²) < 4.78 is 38.4. The van der Waals surface area contributed by atoms with Crippen LogP contribution in [0.25, 0.3) is 5.69 Å². The molecule has 0 aliphatic carbocycles. The van der Waals surface area contributed by atoms with Crippen LogP contribution in [0.15, 0.2) is 46.3 Å². The lowest BCUT2D eigenvalue weighted by molar-refractivity contribution is 0.400. The highest BCUT2D eigenvalue weighted by atomic mass is 32.2. The fourth-order valence-electron chi connectivity index (χ4n) is 3.18. The number of methoxy groups -OCH3 is 2. The van der Waals surface area contributed by atoms with Gasteiger partial charge in [0.25, 0.3) is 0 Å². The minimum atomic E-state index is -4.00. The normalized spacial score (nSPS) is 12.1. The van der Waals surface area contributed by atoms with Gasteiger partial charge in [-0.15, -0.1) is 5.10 Å². The second kappa shape index (κ2) is 7.64. The van der Waals surface area contributed by atoms with E-state index in [1.54, 1.807) is 31.2 Å². The summed E-state index contributed by atoms with van der Waals surface area (Å²) in [4.78, 5) is -0.0549. The van der Waals surface area contributed by atoms with Crippen LogP contribution in [0.1, 0.15) is 32.0 Å². The molecule has 0 amide bonds. The maximum Gasteiger partial charge on any atom is 0.227 e. The number of hydrogen-bond donors (Lipinski definition) is 1. The van der Waals surface area contributed by atoms with Crippen molar-refractivity contribution in [2.75, 3.05) is 14.2 Å². The smallest absolute Gasteiger partial charge is 0.227 e. The Kier molecular flexibility index (Phi) is 5.51. The Balaban J connectivity index is 2.11. The van der Waals surface area contributed by atoms with Gasteiger partial charge in [-0.1, -0.05) is 32.1 Å². The Bertz CT molecular complexity index is 1190. The monoisotopic (exact) mass is 431 g/mol. The molecule has 2 aromatic carbocycles. The van der Waals surface area contributed by atoms with Gasteiger partial charge in [-0.05, 0) is 42.2 Å². The minimum Gasteiger partial charge on any atom is -0.508 e. The summed E-state index contributed by atoms with van der Waals surface area (Å²) in [5.74, 6) is 0.968. The fourth-order valence-corrected chi connectivity index (χ4v) is 4.54. The third-order valence-corrected chi connectivity index (χ3v) is 6.57. The molecule has 0 atom stereocenters. The molecule has 0 spiro atoms. The molecule has 0 saturated heterocycles. The van der Waals surface area contributed by atoms with Crippen molar-refractivity contribution >= 4 is 9.84 Å². The van der Waals surface area contributed by atoms with Crippen LogP contribution >= 0.6 is 0 Å². The first-order valence-electron chi connectivity index (χ1n) is 9.24. The summed E-state index contributed by atoms with van der Waals surface area (Å²) in [6.07, 6.45) is 0. The van der Waals surface area contributed by atoms with Crippen molar-refractivity contribution in [2.45, 2.75) is 43.0 Å². The van der Waals surface area contributed by atoms with Crippen LogP contribution in [-0.2, 0) is 15.3 Å². The Morgan fingerprint density at radius 2 is 1.73 bits per heavy atom. The predicted octanol–water partition coefficient (Wildman–Crippen LogP) is 3.43. The number of rotatable bonds is 5. The van der Waals surface area contributed by atoms with E-state index in [0.717, 1.165) is 0 Å². The van der Waals surface area contributed by atoms with E-state index in [9.17, 15) is 13.5 Å². The Morgan fingerprint density at radius 3 is 2.30 bits per heavy atom. The Morgan fingerprint density at radius 1 is 1.03 bits per heavy atom. The maximum atomic E-state index is 13.2. The number of benzene rings is 2. The molecular weight excluding hydrogens is 406 g/mol. The highest BCUT2D eigenvalue weighted by Gasteiger charge is 2.28. The molecule has 3 rings (SSSR count). The molecule has 9 heteroatoms. The van der Waals surface area contributed by atoms with Crippen molar-refractivity contribution in [1.29, 1.82) is 0 Å². The molecule has 0 aliphatic rings. The van der Waals surface area contributed by atoms with Crippen LogP contribution in [0.2, 0.25) is 0 Å². The van der Waals surface area contributed by atoms with E-state index >= 15 is 0 Å². The van der Waals surface area contributed by atoms with Gasteiger partial charge in [0.1, 0.15) is 22.9 Å². The molecule has 3 aromatic rings. The average molecular weight is 432 g/mol. The molecular formula is C21H25N3O5S. The summed E-state index contributed by atoms with van der Waals surface area (Å²) in [6.45, 7) is 7.42. The lowest BCUT2D eigenvalue weighted by Crippen LogP contribution is -2.12. The topological polar surface area (TPSA) is 104 Å². The van der Waals surface area contributed by atoms with E-state index in [4.69, 9.17) is 9.47 Å². The summed E-state index contributed by atoms with van der Waals surface area (Å²) in [6, 6.07) is 9.45. The third-order valence-electron chi connectivity index (χ3n) is 4.81. The van der Waals surface area contributed by atoms with Crippen LogP contribution in [0.4, 0.5) is 0 Å². The number of ether oxygens (including phenoxy) is 2. The van der Waals surface area contributed by atoms with E-state index in [1.807, 2.05) is 20.8 Å². The van der Waals surface area contributed by atoms with Gasteiger partial charge in [-0.25, -0.2) is 13.1 Å². The molecule has 160 valence electrons. The van der Waals surface area contributed by atoms with E-state index < -0.39 is 9.84 Å². The predicted molar refractivity (Wildman–Crippen MR) is 111 cm³/mol. The Labute approximate surface area is 176 Å². The van der Waals surface area contributed by atoms with Gasteiger partial charge in [0.2, 0.25) is 14.9 Å². The molecule has 1 N–H and O–H groups in total. The van der Waals surface area contributed by atoms with E-state index in [1.165, 1.54) is 31.0 Å². The molecule has 0 unspecified atom stereocenters. The molecule has 8 nitrogen and oxygen atoms in total. The summed E-state index contributed by atoms with van der Waals surface area (Å²) in [7, 11) is -0.963. The van der Waals surface area contributed by atoms with Crippen LogP contribution in [0, 0.1) is 6.92 Å². The van der Waals surface area contributed by atoms with Crippen LogP contribution < -0.4 is 9.47 Å². The summed E-state index contributed by atoms with van der Waals surface area (Å²) in [5, 5.41) is 18.1. The second-order valence-electron chi connectivity index (χ2n) is 7.86. The van der Waals surface area contributed by atoms with Crippen molar-refractivity contribution in [3.05, 3.63) is 47.7 Å². The number of sulfone groups is 1. The van der Waals surface area contributed by atoms with Crippen molar-refractivity contribution < 1.29 is 23.0 Å². The highest BCUT2D eigenvalue weighted by Crippen LogP contribution is 2.35. The van der Waals surface area contributed by atoms with Crippen LogP contribution in [-0.4, -0.2) is 42.7 Å². The van der Waals surface area contributed by atoms with E-state index in [-0.39, 0.29) is 21.1 Å². The van der Waals surface area contributed by atoms with Crippen molar-refractivity contribution in [3.8, 4) is 22.9 Å². The first kappa shape index (κ1) is 21.6. The third kappa shape index (κ3) is 3.72. The fraction of sp³-hybridized carbons (Fsp3) is 0.333. The lowest BCUT2D eigenvalue weighted by Gasteiger charge is -2.20.